The predicted octanol–water partition coefficient (Wildman–Crippen LogP) is 20.8. The molecule has 0 aliphatic carbocycles. The number of unbranched alkanes of at least 4 members (excludes halogenated alkanes) is 49. The van der Waals surface area contributed by atoms with Gasteiger partial charge in [-0.1, -0.05) is 321 Å². The van der Waals surface area contributed by atoms with E-state index in [4.69, 9.17) is 4.74 Å². The Kier molecular flexibility index (Phi) is 60.9. The summed E-state index contributed by atoms with van der Waals surface area (Å²) in [5.41, 5.74) is 0. The normalized spacial score (nSPS) is 12.6. The summed E-state index contributed by atoms with van der Waals surface area (Å²) in [7, 11) is 0. The van der Waals surface area contributed by atoms with E-state index < -0.39 is 12.1 Å². The number of allylic oxidation sites excluding steroid dienone is 2. The zero-order valence-corrected chi connectivity index (χ0v) is 48.9. The molecule has 6 heteroatoms. The quantitative estimate of drug-likeness (QED) is 0.0320. The molecule has 0 aliphatic heterocycles. The molecule has 2 unspecified atom stereocenters. The van der Waals surface area contributed by atoms with Crippen LogP contribution in [-0.2, 0) is 14.3 Å². The van der Waals surface area contributed by atoms with E-state index in [1.165, 1.54) is 270 Å². The van der Waals surface area contributed by atoms with Crippen LogP contribution in [0.5, 0.6) is 0 Å². The monoisotopic (exact) mass is 1020 g/mol. The lowest BCUT2D eigenvalue weighted by Gasteiger charge is -2.22. The van der Waals surface area contributed by atoms with Crippen LogP contribution in [0.25, 0.3) is 0 Å². The molecule has 0 aromatic heterocycles. The molecule has 1 amide bonds. The van der Waals surface area contributed by atoms with Crippen molar-refractivity contribution in [1.29, 1.82) is 0 Å². The summed E-state index contributed by atoms with van der Waals surface area (Å²) in [6.45, 7) is 4.96. The van der Waals surface area contributed by atoms with Crippen molar-refractivity contribution < 1.29 is 24.5 Å². The van der Waals surface area contributed by atoms with Crippen LogP contribution in [0, 0.1) is 0 Å². The summed E-state index contributed by atoms with van der Waals surface area (Å²) >= 11 is 0. The Bertz CT molecular complexity index is 1080. The van der Waals surface area contributed by atoms with Gasteiger partial charge in [-0.15, -0.1) is 0 Å². The van der Waals surface area contributed by atoms with Gasteiger partial charge in [0.25, 0.3) is 0 Å². The van der Waals surface area contributed by atoms with Crippen LogP contribution >= 0.6 is 0 Å². The van der Waals surface area contributed by atoms with E-state index in [1.54, 1.807) is 0 Å². The number of rotatable bonds is 62. The summed E-state index contributed by atoms with van der Waals surface area (Å²) in [6, 6.07) is -0.553. The minimum atomic E-state index is -0.675. The lowest BCUT2D eigenvalue weighted by Crippen LogP contribution is -2.45. The van der Waals surface area contributed by atoms with E-state index in [0.29, 0.717) is 25.9 Å². The van der Waals surface area contributed by atoms with Gasteiger partial charge in [0, 0.05) is 12.8 Å². The fraction of sp³-hybridized carbons (Fsp3) is 0.939. The summed E-state index contributed by atoms with van der Waals surface area (Å²) in [6.07, 6.45) is 75.1. The molecule has 0 fully saturated rings. The molecule has 2 atom stereocenters. The minimum absolute atomic E-state index is 0.00433. The minimum Gasteiger partial charge on any atom is -0.466 e. The van der Waals surface area contributed by atoms with Gasteiger partial charge in [0.2, 0.25) is 5.91 Å². The largest absolute Gasteiger partial charge is 0.466 e. The molecule has 0 radical (unpaired) electrons. The van der Waals surface area contributed by atoms with Gasteiger partial charge in [0.05, 0.1) is 25.4 Å². The SMILES string of the molecule is CCCCCCCCCCCCCCCCCCCCCCCCC(O)C(CO)NC(=O)CCCCCCCCC/C=C\CCCCCCOC(=O)CCCCCCCCCCCCCCCCCCCC. The molecule has 0 rings (SSSR count). The highest BCUT2D eigenvalue weighted by molar-refractivity contribution is 5.76. The second-order valence-electron chi connectivity index (χ2n) is 22.8. The smallest absolute Gasteiger partial charge is 0.305 e. The van der Waals surface area contributed by atoms with Gasteiger partial charge in [-0.25, -0.2) is 0 Å². The molecule has 0 saturated heterocycles. The average Bonchev–Trinajstić information content (AvgIpc) is 3.38. The predicted molar refractivity (Wildman–Crippen MR) is 315 cm³/mol. The van der Waals surface area contributed by atoms with Gasteiger partial charge in [-0.2, -0.15) is 0 Å². The van der Waals surface area contributed by atoms with Crippen molar-refractivity contribution in [3.63, 3.8) is 0 Å². The van der Waals surface area contributed by atoms with Crippen LogP contribution in [0.3, 0.4) is 0 Å². The van der Waals surface area contributed by atoms with Crippen molar-refractivity contribution >= 4 is 11.9 Å². The molecule has 428 valence electrons. The number of nitrogens with one attached hydrogen (secondary N) is 1. The van der Waals surface area contributed by atoms with E-state index in [1.807, 2.05) is 0 Å². The Balaban J connectivity index is 3.44. The third-order valence-corrected chi connectivity index (χ3v) is 15.6. The van der Waals surface area contributed by atoms with Crippen LogP contribution in [0.4, 0.5) is 0 Å². The number of esters is 1. The molecular formula is C66H129NO5. The number of amides is 1. The van der Waals surface area contributed by atoms with Crippen LogP contribution in [-0.4, -0.2) is 47.4 Å². The first kappa shape index (κ1) is 70.6. The van der Waals surface area contributed by atoms with Gasteiger partial charge in [-0.05, 0) is 51.4 Å². The molecule has 0 bridgehead atoms. The number of hydrogen-bond donors (Lipinski definition) is 3. The van der Waals surface area contributed by atoms with Crippen LogP contribution in [0.1, 0.15) is 373 Å². The van der Waals surface area contributed by atoms with Crippen molar-refractivity contribution in [2.75, 3.05) is 13.2 Å². The maximum atomic E-state index is 12.5. The van der Waals surface area contributed by atoms with Crippen LogP contribution < -0.4 is 5.32 Å². The number of carbonyl (C=O) groups excluding carboxylic acids is 2. The van der Waals surface area contributed by atoms with Gasteiger partial charge in [-0.3, -0.25) is 9.59 Å². The number of aliphatic hydroxyl groups is 2. The molecule has 3 N–H and O–H groups in total. The van der Waals surface area contributed by atoms with Gasteiger partial charge < -0.3 is 20.3 Å². The second kappa shape index (κ2) is 62.1. The van der Waals surface area contributed by atoms with Crippen molar-refractivity contribution in [1.82, 2.24) is 5.32 Å². The summed E-state index contributed by atoms with van der Waals surface area (Å²) in [5, 5.41) is 23.4. The second-order valence-corrected chi connectivity index (χ2v) is 22.8. The fourth-order valence-corrected chi connectivity index (χ4v) is 10.5. The maximum Gasteiger partial charge on any atom is 0.305 e. The Hall–Kier alpha value is -1.40. The number of carbonyl (C=O) groups is 2. The third-order valence-electron chi connectivity index (χ3n) is 15.6. The Morgan fingerprint density at radius 3 is 0.986 bits per heavy atom. The first-order valence-corrected chi connectivity index (χ1v) is 32.9. The van der Waals surface area contributed by atoms with Gasteiger partial charge in [0.15, 0.2) is 0 Å². The van der Waals surface area contributed by atoms with Crippen molar-refractivity contribution in [3.8, 4) is 0 Å². The lowest BCUT2D eigenvalue weighted by molar-refractivity contribution is -0.143. The highest BCUT2D eigenvalue weighted by Crippen LogP contribution is 2.19. The third kappa shape index (κ3) is 57.9. The number of ether oxygens (including phenoxy) is 1. The number of hydrogen-bond acceptors (Lipinski definition) is 5. The first-order chi connectivity index (χ1) is 35.5. The van der Waals surface area contributed by atoms with Gasteiger partial charge >= 0.3 is 5.97 Å². The molecule has 72 heavy (non-hydrogen) atoms. The molecule has 0 aromatic rings. The van der Waals surface area contributed by atoms with Crippen molar-refractivity contribution in [2.24, 2.45) is 0 Å². The molecule has 0 heterocycles. The van der Waals surface area contributed by atoms with E-state index in [2.05, 4.69) is 31.3 Å². The van der Waals surface area contributed by atoms with Crippen molar-refractivity contribution in [3.05, 3.63) is 12.2 Å². The Morgan fingerprint density at radius 1 is 0.375 bits per heavy atom. The highest BCUT2D eigenvalue weighted by Gasteiger charge is 2.20. The molecule has 0 saturated carbocycles. The zero-order chi connectivity index (χ0) is 52.2. The van der Waals surface area contributed by atoms with E-state index in [0.717, 1.165) is 70.6 Å². The Labute approximate surface area is 450 Å². The lowest BCUT2D eigenvalue weighted by atomic mass is 10.0. The molecule has 0 aliphatic rings. The van der Waals surface area contributed by atoms with E-state index in [9.17, 15) is 19.8 Å². The topological polar surface area (TPSA) is 95.9 Å². The standard InChI is InChI=1S/C66H129NO5/c1-3-5-7-9-11-13-15-17-19-21-23-24-25-26-27-30-34-38-42-46-50-54-58-64(69)63(62-68)67-65(70)59-55-51-47-43-39-35-31-29-33-37-41-45-49-53-57-61-72-66(71)60-56-52-48-44-40-36-32-28-22-20-18-16-14-12-10-8-6-4-2/h33,37,63-64,68-69H,3-32,34-36,38-62H2,1-2H3,(H,67,70)/b37-33-. The Morgan fingerprint density at radius 2 is 0.653 bits per heavy atom. The molecular weight excluding hydrogens is 887 g/mol. The average molecular weight is 1020 g/mol. The highest BCUT2D eigenvalue weighted by atomic mass is 16.5. The first-order valence-electron chi connectivity index (χ1n) is 32.9. The molecule has 0 aromatic carbocycles. The maximum absolute atomic E-state index is 12.5. The fourth-order valence-electron chi connectivity index (χ4n) is 10.5. The summed E-state index contributed by atoms with van der Waals surface area (Å²) in [4.78, 5) is 24.6. The van der Waals surface area contributed by atoms with Crippen molar-refractivity contribution in [2.45, 2.75) is 386 Å². The van der Waals surface area contributed by atoms with Crippen LogP contribution in [0.15, 0.2) is 12.2 Å². The summed E-state index contributed by atoms with van der Waals surface area (Å²) in [5.74, 6) is -0.0499. The molecule has 6 nitrogen and oxygen atoms in total. The molecule has 0 spiro atoms. The van der Waals surface area contributed by atoms with E-state index in [-0.39, 0.29) is 18.5 Å². The van der Waals surface area contributed by atoms with E-state index >= 15 is 0 Å². The summed E-state index contributed by atoms with van der Waals surface area (Å²) < 4.78 is 5.49. The number of aliphatic hydroxyl groups excluding tert-OH is 2. The zero-order valence-electron chi connectivity index (χ0n) is 48.9. The van der Waals surface area contributed by atoms with Gasteiger partial charge in [0.1, 0.15) is 0 Å². The van der Waals surface area contributed by atoms with Crippen LogP contribution in [0.2, 0.25) is 0 Å².